The number of rotatable bonds is 4. The van der Waals surface area contributed by atoms with Gasteiger partial charge in [0.1, 0.15) is 5.82 Å². The van der Waals surface area contributed by atoms with Crippen LogP contribution in [0.15, 0.2) is 36.4 Å². The maximum atomic E-state index is 12.4. The second-order valence-electron chi connectivity index (χ2n) is 7.41. The lowest BCUT2D eigenvalue weighted by atomic mass is 9.82. The molecule has 1 unspecified atom stereocenters. The molecular weight excluding hydrogens is 352 g/mol. The predicted octanol–water partition coefficient (Wildman–Crippen LogP) is 3.68. The molecule has 2 heterocycles. The number of hydrogen-bond acceptors (Lipinski definition) is 4. The van der Waals surface area contributed by atoms with Gasteiger partial charge >= 0.3 is 0 Å². The summed E-state index contributed by atoms with van der Waals surface area (Å²) in [5.41, 5.74) is 3.31. The van der Waals surface area contributed by atoms with Crippen LogP contribution in [-0.2, 0) is 4.79 Å². The molecule has 3 rings (SSSR count). The molecule has 148 valence electrons. The van der Waals surface area contributed by atoms with Crippen LogP contribution in [0.25, 0.3) is 0 Å². The Labute approximate surface area is 166 Å². The summed E-state index contributed by atoms with van der Waals surface area (Å²) in [6, 6.07) is 11.4. The van der Waals surface area contributed by atoms with E-state index in [0.29, 0.717) is 12.1 Å². The van der Waals surface area contributed by atoms with Gasteiger partial charge in [0.15, 0.2) is 0 Å². The van der Waals surface area contributed by atoms with Crippen molar-refractivity contribution in [3.8, 4) is 0 Å². The number of hydrogen-bond donors (Lipinski definition) is 2. The fourth-order valence-electron chi connectivity index (χ4n) is 3.89. The standard InChI is InChI=1S/C22H28N4O2/c1-6-23-22(28)17-10-11-19-18(12-17)21(14(3)15(4)26(19)16(5)27)25-20-9-7-8-13(2)24-20/h7-12,14-15,21H,6H2,1-5H3,(H,23,28)(H,24,25)/t14?,15-,21+/m0/s1. The number of amides is 2. The van der Waals surface area contributed by atoms with E-state index in [0.717, 1.165) is 22.8 Å². The van der Waals surface area contributed by atoms with Crippen LogP contribution in [-0.4, -0.2) is 29.4 Å². The van der Waals surface area contributed by atoms with Gasteiger partial charge in [-0.3, -0.25) is 9.59 Å². The van der Waals surface area contributed by atoms with Crippen molar-refractivity contribution in [3.05, 3.63) is 53.2 Å². The van der Waals surface area contributed by atoms with Gasteiger partial charge in [0, 0.05) is 42.4 Å². The number of nitrogens with one attached hydrogen (secondary N) is 2. The van der Waals surface area contributed by atoms with E-state index in [-0.39, 0.29) is 29.8 Å². The van der Waals surface area contributed by atoms with Crippen molar-refractivity contribution in [2.24, 2.45) is 5.92 Å². The van der Waals surface area contributed by atoms with E-state index in [9.17, 15) is 9.59 Å². The molecule has 0 radical (unpaired) electrons. The van der Waals surface area contributed by atoms with Crippen LogP contribution in [0.3, 0.4) is 0 Å². The van der Waals surface area contributed by atoms with Crippen molar-refractivity contribution in [2.45, 2.75) is 46.7 Å². The predicted molar refractivity (Wildman–Crippen MR) is 112 cm³/mol. The summed E-state index contributed by atoms with van der Waals surface area (Å²) in [5, 5.41) is 6.38. The number of carbonyl (C=O) groups is 2. The lowest BCUT2D eigenvalue weighted by Gasteiger charge is -2.44. The molecule has 2 N–H and O–H groups in total. The zero-order valence-corrected chi connectivity index (χ0v) is 17.1. The Morgan fingerprint density at radius 2 is 1.93 bits per heavy atom. The van der Waals surface area contributed by atoms with Crippen molar-refractivity contribution in [1.29, 1.82) is 0 Å². The summed E-state index contributed by atoms with van der Waals surface area (Å²) in [6.45, 7) is 10.2. The number of pyridine rings is 1. The van der Waals surface area contributed by atoms with E-state index in [1.807, 2.05) is 49.1 Å². The highest BCUT2D eigenvalue weighted by Crippen LogP contribution is 2.42. The van der Waals surface area contributed by atoms with Crippen molar-refractivity contribution in [1.82, 2.24) is 10.3 Å². The van der Waals surface area contributed by atoms with Gasteiger partial charge in [-0.05, 0) is 56.7 Å². The zero-order chi connectivity index (χ0) is 20.4. The smallest absolute Gasteiger partial charge is 0.251 e. The number of fused-ring (bicyclic) bond motifs is 1. The van der Waals surface area contributed by atoms with Crippen molar-refractivity contribution >= 4 is 23.3 Å². The number of nitrogens with zero attached hydrogens (tertiary/aromatic N) is 2. The average molecular weight is 380 g/mol. The SMILES string of the molecule is CCNC(=O)c1ccc2c(c1)[C@H](Nc1cccc(C)n1)C(C)[C@H](C)N2C(C)=O. The van der Waals surface area contributed by atoms with Gasteiger partial charge in [0.25, 0.3) is 5.91 Å². The van der Waals surface area contributed by atoms with E-state index in [1.54, 1.807) is 13.0 Å². The quantitative estimate of drug-likeness (QED) is 0.848. The van der Waals surface area contributed by atoms with Crippen LogP contribution >= 0.6 is 0 Å². The zero-order valence-electron chi connectivity index (χ0n) is 17.1. The highest BCUT2D eigenvalue weighted by Gasteiger charge is 2.38. The Hall–Kier alpha value is -2.89. The van der Waals surface area contributed by atoms with Gasteiger partial charge in [-0.2, -0.15) is 0 Å². The summed E-state index contributed by atoms with van der Waals surface area (Å²) in [4.78, 5) is 31.1. The second kappa shape index (κ2) is 8.00. The van der Waals surface area contributed by atoms with E-state index in [1.165, 1.54) is 0 Å². The van der Waals surface area contributed by atoms with E-state index in [2.05, 4.69) is 29.5 Å². The van der Waals surface area contributed by atoms with Gasteiger partial charge in [-0.1, -0.05) is 13.0 Å². The van der Waals surface area contributed by atoms with Gasteiger partial charge in [0.05, 0.1) is 6.04 Å². The Morgan fingerprint density at radius 3 is 2.57 bits per heavy atom. The molecule has 1 aliphatic rings. The van der Waals surface area contributed by atoms with Crippen LogP contribution in [0.4, 0.5) is 11.5 Å². The third kappa shape index (κ3) is 3.72. The van der Waals surface area contributed by atoms with Gasteiger partial charge in [0.2, 0.25) is 5.91 Å². The number of aryl methyl sites for hydroxylation is 1. The first-order valence-corrected chi connectivity index (χ1v) is 9.75. The fraction of sp³-hybridized carbons (Fsp3) is 0.409. The fourth-order valence-corrected chi connectivity index (χ4v) is 3.89. The lowest BCUT2D eigenvalue weighted by molar-refractivity contribution is -0.117. The molecule has 0 fully saturated rings. The first-order chi connectivity index (χ1) is 13.3. The molecule has 0 saturated heterocycles. The van der Waals surface area contributed by atoms with Gasteiger partial charge in [-0.15, -0.1) is 0 Å². The third-order valence-corrected chi connectivity index (χ3v) is 5.45. The van der Waals surface area contributed by atoms with E-state index >= 15 is 0 Å². The van der Waals surface area contributed by atoms with E-state index < -0.39 is 0 Å². The number of carbonyl (C=O) groups excluding carboxylic acids is 2. The number of benzene rings is 1. The molecule has 3 atom stereocenters. The van der Waals surface area contributed by atoms with Crippen LogP contribution in [0, 0.1) is 12.8 Å². The monoisotopic (exact) mass is 380 g/mol. The lowest BCUT2D eigenvalue weighted by Crippen LogP contribution is -2.48. The molecule has 2 aromatic rings. The Kier molecular flexibility index (Phi) is 5.68. The summed E-state index contributed by atoms with van der Waals surface area (Å²) >= 11 is 0. The van der Waals surface area contributed by atoms with Gasteiger partial charge in [-0.25, -0.2) is 4.98 Å². The molecule has 6 nitrogen and oxygen atoms in total. The summed E-state index contributed by atoms with van der Waals surface area (Å²) in [6.07, 6.45) is 0. The molecule has 2 amide bonds. The summed E-state index contributed by atoms with van der Waals surface area (Å²) in [5.74, 6) is 0.801. The normalized spacial score (nSPS) is 21.0. The van der Waals surface area contributed by atoms with E-state index in [4.69, 9.17) is 0 Å². The summed E-state index contributed by atoms with van der Waals surface area (Å²) < 4.78 is 0. The molecule has 0 spiro atoms. The Morgan fingerprint density at radius 1 is 1.18 bits per heavy atom. The van der Waals surface area contributed by atoms with Gasteiger partial charge < -0.3 is 15.5 Å². The summed E-state index contributed by atoms with van der Waals surface area (Å²) in [7, 11) is 0. The van der Waals surface area contributed by atoms with Crippen LogP contribution < -0.4 is 15.5 Å². The average Bonchev–Trinajstić information content (AvgIpc) is 2.65. The molecule has 0 saturated carbocycles. The first-order valence-electron chi connectivity index (χ1n) is 9.75. The number of aromatic nitrogens is 1. The third-order valence-electron chi connectivity index (χ3n) is 5.45. The molecule has 0 aliphatic carbocycles. The molecule has 1 aromatic heterocycles. The van der Waals surface area contributed by atoms with Crippen LogP contribution in [0.2, 0.25) is 0 Å². The molecular formula is C22H28N4O2. The maximum Gasteiger partial charge on any atom is 0.251 e. The Balaban J connectivity index is 2.09. The first kappa shape index (κ1) is 19.9. The van der Waals surface area contributed by atoms with Crippen LogP contribution in [0.1, 0.15) is 55.4 Å². The van der Waals surface area contributed by atoms with Crippen LogP contribution in [0.5, 0.6) is 0 Å². The molecule has 1 aliphatic heterocycles. The minimum Gasteiger partial charge on any atom is -0.363 e. The Bertz CT molecular complexity index is 896. The number of anilines is 2. The van der Waals surface area contributed by atoms with Crippen molar-refractivity contribution < 1.29 is 9.59 Å². The second-order valence-corrected chi connectivity index (χ2v) is 7.41. The largest absolute Gasteiger partial charge is 0.363 e. The highest BCUT2D eigenvalue weighted by molar-refractivity contribution is 5.97. The minimum atomic E-state index is -0.113. The molecule has 1 aromatic carbocycles. The maximum absolute atomic E-state index is 12.4. The van der Waals surface area contributed by atoms with Crippen molar-refractivity contribution in [2.75, 3.05) is 16.8 Å². The molecule has 0 bridgehead atoms. The topological polar surface area (TPSA) is 74.3 Å². The highest BCUT2D eigenvalue weighted by atomic mass is 16.2. The van der Waals surface area contributed by atoms with Crippen molar-refractivity contribution in [3.63, 3.8) is 0 Å². The minimum absolute atomic E-state index is 0.00140. The molecule has 28 heavy (non-hydrogen) atoms. The molecule has 6 heteroatoms.